The van der Waals surface area contributed by atoms with Crippen LogP contribution in [0.5, 0.6) is 0 Å². The molecule has 0 aromatic rings. The van der Waals surface area contributed by atoms with Gasteiger partial charge in [-0.25, -0.2) is 4.79 Å². The first-order chi connectivity index (χ1) is 19.7. The molecule has 0 aliphatic carbocycles. The van der Waals surface area contributed by atoms with Crippen molar-refractivity contribution in [1.29, 1.82) is 0 Å². The molecular weight excluding hydrogens is 592 g/mol. The lowest BCUT2D eigenvalue weighted by Crippen LogP contribution is -2.64. The molecule has 2 rings (SSSR count). The van der Waals surface area contributed by atoms with Crippen LogP contribution in [0.4, 0.5) is 0 Å². The molecule has 0 bridgehead atoms. The van der Waals surface area contributed by atoms with E-state index in [2.05, 4.69) is 14.2 Å². The molecule has 0 aromatic heterocycles. The summed E-state index contributed by atoms with van der Waals surface area (Å²) in [5, 5.41) is 86.6. The third kappa shape index (κ3) is 11.4. The minimum Gasteiger partial charge on any atom is -0.466 e. The smallest absolute Gasteiger partial charge is 0.339 e. The molecule has 0 amide bonds. The molecule has 10 atom stereocenters. The predicted octanol–water partition coefficient (Wildman–Crippen LogP) is -6.03. The third-order valence-electron chi connectivity index (χ3n) is 6.12. The van der Waals surface area contributed by atoms with Gasteiger partial charge in [-0.15, -0.1) is 0 Å². The van der Waals surface area contributed by atoms with Gasteiger partial charge < -0.3 is 79.9 Å². The molecule has 0 spiro atoms. The van der Waals surface area contributed by atoms with Gasteiger partial charge in [-0.2, -0.15) is 0 Å². The van der Waals surface area contributed by atoms with Gasteiger partial charge in [-0.1, -0.05) is 0 Å². The lowest BCUT2D eigenvalue weighted by molar-refractivity contribution is -0.355. The predicted molar refractivity (Wildman–Crippen MR) is 136 cm³/mol. The molecule has 0 saturated carbocycles. The van der Waals surface area contributed by atoms with Crippen molar-refractivity contribution in [3.8, 4) is 0 Å². The van der Waals surface area contributed by atoms with E-state index < -0.39 is 111 Å². The highest BCUT2D eigenvalue weighted by atomic mass is 16.7. The van der Waals surface area contributed by atoms with Crippen LogP contribution in [0.1, 0.15) is 33.6 Å². The largest absolute Gasteiger partial charge is 0.466 e. The molecule has 2 saturated heterocycles. The summed E-state index contributed by atoms with van der Waals surface area (Å²) >= 11 is 0. The SMILES string of the molecule is CCOC(=O)CC(O)(CC(=O)OCC)C(=O)OCC.O.OC[C@H]1O[C@@H](O[C@H]2[C@H](O)[C@@H](O)[C@H](O)O[C@@H]2CO)[C@H](O)[C@@H](O)[C@H]1O. The summed E-state index contributed by atoms with van der Waals surface area (Å²) in [5.74, 6) is -2.62. The third-order valence-corrected chi connectivity index (χ3v) is 6.12. The number of rotatable bonds is 12. The van der Waals surface area contributed by atoms with Crippen molar-refractivity contribution in [3.63, 3.8) is 0 Å². The van der Waals surface area contributed by atoms with Crippen molar-refractivity contribution in [1.82, 2.24) is 0 Å². The number of hydrogen-bond donors (Lipinski definition) is 9. The minimum atomic E-state index is -2.26. The van der Waals surface area contributed by atoms with Gasteiger partial charge in [0.15, 0.2) is 18.2 Å². The van der Waals surface area contributed by atoms with Gasteiger partial charge in [0.05, 0.1) is 45.9 Å². The van der Waals surface area contributed by atoms with Crippen molar-refractivity contribution < 1.29 is 94.2 Å². The topological polar surface area (TPSA) is 320 Å². The van der Waals surface area contributed by atoms with Crippen molar-refractivity contribution in [2.24, 2.45) is 0 Å². The van der Waals surface area contributed by atoms with Crippen molar-refractivity contribution >= 4 is 17.9 Å². The van der Waals surface area contributed by atoms with Gasteiger partial charge in [0.1, 0.15) is 48.8 Å². The molecule has 254 valence electrons. The zero-order valence-corrected chi connectivity index (χ0v) is 23.9. The van der Waals surface area contributed by atoms with Crippen LogP contribution in [0.25, 0.3) is 0 Å². The first-order valence-electron chi connectivity index (χ1n) is 13.2. The molecule has 11 N–H and O–H groups in total. The summed E-state index contributed by atoms with van der Waals surface area (Å²) in [7, 11) is 0. The first-order valence-corrected chi connectivity index (χ1v) is 13.2. The Balaban J connectivity index is 0.000000819. The molecule has 2 fully saturated rings. The van der Waals surface area contributed by atoms with Crippen molar-refractivity contribution in [3.05, 3.63) is 0 Å². The molecule has 0 radical (unpaired) electrons. The monoisotopic (exact) mass is 636 g/mol. The Kier molecular flexibility index (Phi) is 18.4. The standard InChI is InChI=1S/C12H22O11.C12H20O7.H2O/c13-1-3-5(15)6(16)9(19)12(22-3)23-10-4(2-14)21-11(20)8(18)7(10)17;1-4-17-9(13)7-12(16,11(15)19-6-3)8-10(14)18-5-2;/h3-20H,1-2H2;16H,4-8H2,1-3H3;1H2/t3-,4-,5+,6+,7-,8-,9-,10-,11-,12+;;/m1../s1. The number of ether oxygens (including phenoxy) is 6. The van der Waals surface area contributed by atoms with Crippen LogP contribution in [0.3, 0.4) is 0 Å². The Hall–Kier alpha value is -2.11. The van der Waals surface area contributed by atoms with Gasteiger partial charge in [0, 0.05) is 0 Å². The van der Waals surface area contributed by atoms with Crippen LogP contribution >= 0.6 is 0 Å². The van der Waals surface area contributed by atoms with E-state index in [4.69, 9.17) is 19.3 Å². The number of carbonyl (C=O) groups is 3. The van der Waals surface area contributed by atoms with E-state index >= 15 is 0 Å². The van der Waals surface area contributed by atoms with Crippen molar-refractivity contribution in [2.75, 3.05) is 33.0 Å². The van der Waals surface area contributed by atoms with E-state index in [0.29, 0.717) is 0 Å². The second-order valence-corrected chi connectivity index (χ2v) is 9.24. The van der Waals surface area contributed by atoms with Crippen LogP contribution in [0, 0.1) is 0 Å². The normalized spacial score (nSPS) is 32.4. The Bertz CT molecular complexity index is 817. The highest BCUT2D eigenvalue weighted by Crippen LogP contribution is 2.28. The Morgan fingerprint density at radius 3 is 1.60 bits per heavy atom. The molecule has 0 aromatic carbocycles. The summed E-state index contributed by atoms with van der Waals surface area (Å²) < 4.78 is 29.2. The summed E-state index contributed by atoms with van der Waals surface area (Å²) in [4.78, 5) is 34.4. The van der Waals surface area contributed by atoms with Crippen LogP contribution in [-0.2, 0) is 42.8 Å². The minimum absolute atomic E-state index is 0. The molecule has 0 unspecified atom stereocenters. The summed E-state index contributed by atoms with van der Waals surface area (Å²) in [6.07, 6.45) is -16.9. The van der Waals surface area contributed by atoms with E-state index in [1.54, 1.807) is 20.8 Å². The number of aliphatic hydroxyl groups excluding tert-OH is 8. The zero-order chi connectivity index (χ0) is 32.2. The Morgan fingerprint density at radius 1 is 0.674 bits per heavy atom. The van der Waals surface area contributed by atoms with Crippen LogP contribution in [-0.4, -0.2) is 169 Å². The van der Waals surface area contributed by atoms with Crippen molar-refractivity contribution in [2.45, 2.75) is 101 Å². The average Bonchev–Trinajstić information content (AvgIpc) is 2.93. The highest BCUT2D eigenvalue weighted by Gasteiger charge is 2.50. The molecule has 2 heterocycles. The van der Waals surface area contributed by atoms with Gasteiger partial charge in [0.2, 0.25) is 0 Å². The van der Waals surface area contributed by atoms with E-state index in [1.165, 1.54) is 0 Å². The average molecular weight is 637 g/mol. The lowest BCUT2D eigenvalue weighted by atomic mass is 9.95. The van der Waals surface area contributed by atoms with E-state index in [9.17, 15) is 55.2 Å². The highest BCUT2D eigenvalue weighted by molar-refractivity contribution is 5.90. The van der Waals surface area contributed by atoms with E-state index in [-0.39, 0.29) is 25.3 Å². The van der Waals surface area contributed by atoms with E-state index in [0.717, 1.165) is 0 Å². The Morgan fingerprint density at radius 2 is 1.16 bits per heavy atom. The molecular formula is C24H44O19. The maximum absolute atomic E-state index is 11.7. The van der Waals surface area contributed by atoms with Crippen LogP contribution in [0.2, 0.25) is 0 Å². The summed E-state index contributed by atoms with van der Waals surface area (Å²) in [6.45, 7) is 3.62. The molecule has 2 aliphatic heterocycles. The van der Waals surface area contributed by atoms with Gasteiger partial charge >= 0.3 is 17.9 Å². The number of carbonyl (C=O) groups excluding carboxylic acids is 3. The number of aliphatic hydroxyl groups is 9. The quantitative estimate of drug-likeness (QED) is 0.0710. The zero-order valence-electron chi connectivity index (χ0n) is 23.9. The summed E-state index contributed by atoms with van der Waals surface area (Å²) in [6, 6.07) is 0. The fourth-order valence-electron chi connectivity index (χ4n) is 3.94. The van der Waals surface area contributed by atoms with Crippen LogP contribution in [0.15, 0.2) is 0 Å². The van der Waals surface area contributed by atoms with Crippen LogP contribution < -0.4 is 0 Å². The maximum Gasteiger partial charge on any atom is 0.339 e. The second-order valence-electron chi connectivity index (χ2n) is 9.24. The molecule has 19 heteroatoms. The molecule has 2 aliphatic rings. The fourth-order valence-corrected chi connectivity index (χ4v) is 3.94. The molecule has 43 heavy (non-hydrogen) atoms. The Labute approximate surface area is 246 Å². The van der Waals surface area contributed by atoms with Gasteiger partial charge in [0.25, 0.3) is 0 Å². The lowest BCUT2D eigenvalue weighted by Gasteiger charge is -2.45. The summed E-state index contributed by atoms with van der Waals surface area (Å²) in [5.41, 5.74) is -2.26. The van der Waals surface area contributed by atoms with E-state index in [1.807, 2.05) is 0 Å². The number of hydrogen-bond acceptors (Lipinski definition) is 18. The fraction of sp³-hybridized carbons (Fsp3) is 0.875. The van der Waals surface area contributed by atoms with Gasteiger partial charge in [-0.3, -0.25) is 9.59 Å². The van der Waals surface area contributed by atoms with Gasteiger partial charge in [-0.05, 0) is 20.8 Å². The number of esters is 3. The first kappa shape index (κ1) is 40.9. The second kappa shape index (κ2) is 19.3. The molecule has 19 nitrogen and oxygen atoms in total. The maximum atomic E-state index is 11.7.